The summed E-state index contributed by atoms with van der Waals surface area (Å²) in [7, 11) is 0. The third-order valence-corrected chi connectivity index (χ3v) is 6.99. The summed E-state index contributed by atoms with van der Waals surface area (Å²) in [6.45, 7) is 3.59. The van der Waals surface area contributed by atoms with Gasteiger partial charge in [-0.2, -0.15) is 0 Å². The van der Waals surface area contributed by atoms with Crippen molar-refractivity contribution in [1.29, 1.82) is 0 Å². The van der Waals surface area contributed by atoms with E-state index in [1.807, 2.05) is 12.1 Å². The van der Waals surface area contributed by atoms with Crippen LogP contribution in [0.25, 0.3) is 5.57 Å². The Balaban J connectivity index is 1.85. The van der Waals surface area contributed by atoms with Gasteiger partial charge in [0, 0.05) is 16.3 Å². The predicted octanol–water partition coefficient (Wildman–Crippen LogP) is 2.77. The molecule has 166 valence electrons. The van der Waals surface area contributed by atoms with Crippen molar-refractivity contribution in [2.75, 3.05) is 11.9 Å². The second-order valence-corrected chi connectivity index (χ2v) is 8.90. The third-order valence-electron chi connectivity index (χ3n) is 5.59. The van der Waals surface area contributed by atoms with Crippen LogP contribution in [0.15, 0.2) is 69.6 Å². The molecule has 5 rings (SSSR count). The highest BCUT2D eigenvalue weighted by Crippen LogP contribution is 2.35. The maximum atomic E-state index is 13.8. The monoisotopic (exact) mass is 479 g/mol. The van der Waals surface area contributed by atoms with Crippen LogP contribution in [-0.2, 0) is 14.3 Å². The Morgan fingerprint density at radius 1 is 1.18 bits per heavy atom. The van der Waals surface area contributed by atoms with Crippen LogP contribution in [0.5, 0.6) is 0 Å². The van der Waals surface area contributed by atoms with Crippen molar-refractivity contribution in [3.05, 3.63) is 95.6 Å². The van der Waals surface area contributed by atoms with Crippen molar-refractivity contribution in [2.24, 2.45) is 4.99 Å². The first-order chi connectivity index (χ1) is 15.9. The number of allylic oxidation sites excluding steroid dienone is 1. The molecule has 9 heteroatoms. The molecule has 7 nitrogen and oxygen atoms in total. The molecule has 3 heterocycles. The van der Waals surface area contributed by atoms with Gasteiger partial charge in [0.15, 0.2) is 4.80 Å². The number of halogens is 1. The molecule has 0 unspecified atom stereocenters. The van der Waals surface area contributed by atoms with Gasteiger partial charge in [-0.1, -0.05) is 59.3 Å². The summed E-state index contributed by atoms with van der Waals surface area (Å²) in [4.78, 5) is 44.4. The maximum absolute atomic E-state index is 13.8. The van der Waals surface area contributed by atoms with Crippen LogP contribution in [-0.4, -0.2) is 23.1 Å². The largest absolute Gasteiger partial charge is 0.463 e. The van der Waals surface area contributed by atoms with Crippen molar-refractivity contribution in [1.82, 2.24) is 4.57 Å². The fourth-order valence-corrected chi connectivity index (χ4v) is 5.56. The van der Waals surface area contributed by atoms with Crippen LogP contribution in [0.2, 0.25) is 5.02 Å². The lowest BCUT2D eigenvalue weighted by Gasteiger charge is -2.25. The van der Waals surface area contributed by atoms with Crippen LogP contribution in [0.3, 0.4) is 0 Å². The molecule has 0 aliphatic carbocycles. The number of anilines is 1. The highest BCUT2D eigenvalue weighted by Gasteiger charge is 2.35. The van der Waals surface area contributed by atoms with E-state index in [-0.39, 0.29) is 22.6 Å². The zero-order valence-corrected chi connectivity index (χ0v) is 19.3. The number of para-hydroxylation sites is 1. The number of hydrogen-bond acceptors (Lipinski definition) is 6. The van der Waals surface area contributed by atoms with Gasteiger partial charge in [-0.3, -0.25) is 14.2 Å². The molecule has 0 saturated heterocycles. The predicted molar refractivity (Wildman–Crippen MR) is 126 cm³/mol. The second-order valence-electron chi connectivity index (χ2n) is 7.52. The summed E-state index contributed by atoms with van der Waals surface area (Å²) in [5, 5.41) is 3.21. The third kappa shape index (κ3) is 3.34. The Labute approximate surface area is 197 Å². The Morgan fingerprint density at radius 3 is 2.67 bits per heavy atom. The molecule has 2 aliphatic heterocycles. The van der Waals surface area contributed by atoms with E-state index in [4.69, 9.17) is 16.3 Å². The second kappa shape index (κ2) is 8.13. The lowest BCUT2D eigenvalue weighted by Crippen LogP contribution is -2.40. The number of ether oxygens (including phenoxy) is 1. The minimum absolute atomic E-state index is 0.177. The zero-order chi connectivity index (χ0) is 23.3. The van der Waals surface area contributed by atoms with Gasteiger partial charge in [0.05, 0.1) is 23.5 Å². The number of nitrogens with zero attached hydrogens (tertiary/aromatic N) is 2. The number of carbonyl (C=O) groups is 2. The van der Waals surface area contributed by atoms with E-state index < -0.39 is 17.6 Å². The van der Waals surface area contributed by atoms with Crippen molar-refractivity contribution >= 4 is 46.1 Å². The number of benzene rings is 2. The number of aromatic nitrogens is 1. The molecule has 1 N–H and O–H groups in total. The highest BCUT2D eigenvalue weighted by molar-refractivity contribution is 7.07. The van der Waals surface area contributed by atoms with E-state index in [9.17, 15) is 14.4 Å². The average Bonchev–Trinajstić information content (AvgIpc) is 3.28. The van der Waals surface area contributed by atoms with E-state index in [2.05, 4.69) is 10.3 Å². The first kappa shape index (κ1) is 21.4. The van der Waals surface area contributed by atoms with Gasteiger partial charge >= 0.3 is 5.97 Å². The highest BCUT2D eigenvalue weighted by atomic mass is 35.5. The molecule has 0 fully saturated rings. The topological polar surface area (TPSA) is 89.8 Å². The van der Waals surface area contributed by atoms with E-state index >= 15 is 0 Å². The first-order valence-corrected chi connectivity index (χ1v) is 11.5. The van der Waals surface area contributed by atoms with E-state index in [1.165, 1.54) is 4.57 Å². The number of amides is 1. The van der Waals surface area contributed by atoms with Gasteiger partial charge in [0.25, 0.3) is 11.5 Å². The van der Waals surface area contributed by atoms with Crippen LogP contribution in [0.1, 0.15) is 31.0 Å². The van der Waals surface area contributed by atoms with Crippen molar-refractivity contribution in [2.45, 2.75) is 19.9 Å². The van der Waals surface area contributed by atoms with E-state index in [0.717, 1.165) is 11.3 Å². The lowest BCUT2D eigenvalue weighted by molar-refractivity contribution is -0.139. The normalized spacial score (nSPS) is 18.4. The Hall–Kier alpha value is -3.49. The van der Waals surface area contributed by atoms with Crippen LogP contribution < -0.4 is 20.2 Å². The molecule has 1 atom stereocenters. The number of hydrogen-bond donors (Lipinski definition) is 1. The molecule has 1 aromatic heterocycles. The summed E-state index contributed by atoms with van der Waals surface area (Å²) in [5.41, 5.74) is 2.44. The fourth-order valence-electron chi connectivity index (χ4n) is 4.18. The molecule has 3 aromatic rings. The van der Waals surface area contributed by atoms with Gasteiger partial charge in [-0.25, -0.2) is 9.79 Å². The summed E-state index contributed by atoms with van der Waals surface area (Å²) >= 11 is 7.63. The Morgan fingerprint density at radius 2 is 1.91 bits per heavy atom. The number of rotatable bonds is 3. The molecule has 2 aliphatic rings. The standard InChI is InChI=1S/C24H18ClN3O4S/c1-3-32-23(31)17-12(2)26-24-28(19(17)13-8-4-6-10-15(13)25)22(30)20(33-24)18-14-9-5-7-11-16(14)27-21(18)29/h4-11,19H,3H2,1-2H3,(H,27,29)/b20-18+/t19-/m1/s1. The molecular weight excluding hydrogens is 462 g/mol. The lowest BCUT2D eigenvalue weighted by atomic mass is 9.96. The number of carbonyl (C=O) groups excluding carboxylic acids is 2. The summed E-state index contributed by atoms with van der Waals surface area (Å²) in [6, 6.07) is 13.4. The van der Waals surface area contributed by atoms with Gasteiger partial charge < -0.3 is 10.1 Å². The summed E-state index contributed by atoms with van der Waals surface area (Å²) in [6.07, 6.45) is 0. The average molecular weight is 480 g/mol. The van der Waals surface area contributed by atoms with Crippen molar-refractivity contribution < 1.29 is 14.3 Å². The molecule has 33 heavy (non-hydrogen) atoms. The minimum atomic E-state index is -0.831. The minimum Gasteiger partial charge on any atom is -0.463 e. The van der Waals surface area contributed by atoms with Gasteiger partial charge in [0.2, 0.25) is 0 Å². The van der Waals surface area contributed by atoms with Crippen molar-refractivity contribution in [3.8, 4) is 0 Å². The molecule has 0 radical (unpaired) electrons. The smallest absolute Gasteiger partial charge is 0.338 e. The number of thiazole rings is 1. The van der Waals surface area contributed by atoms with Gasteiger partial charge in [0.1, 0.15) is 10.6 Å². The zero-order valence-electron chi connectivity index (χ0n) is 17.7. The van der Waals surface area contributed by atoms with Crippen LogP contribution in [0, 0.1) is 0 Å². The maximum Gasteiger partial charge on any atom is 0.338 e. The molecule has 2 aromatic carbocycles. The van der Waals surface area contributed by atoms with E-state index in [1.54, 1.807) is 50.2 Å². The number of fused-ring (bicyclic) bond motifs is 2. The van der Waals surface area contributed by atoms with Gasteiger partial charge in [-0.15, -0.1) is 0 Å². The molecule has 0 spiro atoms. The number of esters is 1. The summed E-state index contributed by atoms with van der Waals surface area (Å²) < 4.78 is 6.98. The first-order valence-electron chi connectivity index (χ1n) is 10.3. The van der Waals surface area contributed by atoms with Crippen LogP contribution >= 0.6 is 22.9 Å². The molecule has 0 saturated carbocycles. The van der Waals surface area contributed by atoms with Crippen molar-refractivity contribution in [3.63, 3.8) is 0 Å². The Bertz CT molecular complexity index is 1550. The van der Waals surface area contributed by atoms with E-state index in [0.29, 0.717) is 37.9 Å². The fraction of sp³-hybridized carbons (Fsp3) is 0.167. The quantitative estimate of drug-likeness (QED) is 0.585. The molecule has 1 amide bonds. The SMILES string of the molecule is CCOC(=O)C1=C(C)N=c2s/c(=C3/C(=O)Nc4ccccc43)c(=O)n2[C@@H]1c1ccccc1Cl. The Kier molecular flexibility index (Phi) is 5.26. The summed E-state index contributed by atoms with van der Waals surface area (Å²) in [5.74, 6) is -0.914. The van der Waals surface area contributed by atoms with Crippen LogP contribution in [0.4, 0.5) is 5.69 Å². The number of nitrogens with one attached hydrogen (secondary N) is 1. The molecule has 0 bridgehead atoms. The molecular formula is C24H18ClN3O4S. The van der Waals surface area contributed by atoms with Gasteiger partial charge in [-0.05, 0) is 31.5 Å².